The van der Waals surface area contributed by atoms with Gasteiger partial charge in [0.25, 0.3) is 0 Å². The predicted molar refractivity (Wildman–Crippen MR) is 70.7 cm³/mol. The smallest absolute Gasteiger partial charge is 0.423 e. The quantitative estimate of drug-likeness (QED) is 0.672. The molecule has 0 spiro atoms. The molecule has 0 aliphatic carbocycles. The van der Waals surface area contributed by atoms with Crippen molar-refractivity contribution in [3.05, 3.63) is 23.8 Å². The van der Waals surface area contributed by atoms with Crippen LogP contribution in [0.15, 0.2) is 18.2 Å². The predicted octanol–water partition coefficient (Wildman–Crippen LogP) is -0.573. The van der Waals surface area contributed by atoms with Gasteiger partial charge < -0.3 is 19.8 Å². The van der Waals surface area contributed by atoms with E-state index in [4.69, 9.17) is 0 Å². The van der Waals surface area contributed by atoms with Crippen LogP contribution < -0.4 is 10.4 Å². The number of likely N-dealkylation sites (N-methyl/N-ethyl adjacent to an activating group) is 1. The van der Waals surface area contributed by atoms with E-state index in [2.05, 4.69) is 16.8 Å². The Balaban J connectivity index is 2.14. The van der Waals surface area contributed by atoms with E-state index in [1.165, 1.54) is 5.69 Å². The lowest BCUT2D eigenvalue weighted by molar-refractivity contribution is 0.313. The molecule has 1 heterocycles. The number of hydrogen-bond donors (Lipinski definition) is 2. The van der Waals surface area contributed by atoms with Gasteiger partial charge in [0.15, 0.2) is 0 Å². The van der Waals surface area contributed by atoms with Gasteiger partial charge in [-0.3, -0.25) is 0 Å². The summed E-state index contributed by atoms with van der Waals surface area (Å²) in [6.45, 7) is 6.11. The largest absolute Gasteiger partial charge is 0.488 e. The number of aryl methyl sites for hydroxylation is 1. The van der Waals surface area contributed by atoms with Crippen LogP contribution in [0, 0.1) is 6.92 Å². The fourth-order valence-electron chi connectivity index (χ4n) is 2.21. The van der Waals surface area contributed by atoms with Gasteiger partial charge in [0, 0.05) is 31.9 Å². The summed E-state index contributed by atoms with van der Waals surface area (Å²) in [4.78, 5) is 4.65. The Kier molecular flexibility index (Phi) is 3.71. The van der Waals surface area contributed by atoms with Crippen molar-refractivity contribution < 1.29 is 10.0 Å². The Bertz CT molecular complexity index is 390. The van der Waals surface area contributed by atoms with Gasteiger partial charge in [0.1, 0.15) is 0 Å². The molecular formula is C12H19BN2O2. The molecule has 0 atom stereocenters. The molecule has 0 aromatic heterocycles. The molecule has 4 nitrogen and oxygen atoms in total. The van der Waals surface area contributed by atoms with E-state index in [9.17, 15) is 10.0 Å². The molecule has 17 heavy (non-hydrogen) atoms. The first-order valence-electron chi connectivity index (χ1n) is 5.98. The van der Waals surface area contributed by atoms with Crippen LogP contribution in [0.2, 0.25) is 0 Å². The number of hydrogen-bond acceptors (Lipinski definition) is 4. The molecule has 2 rings (SSSR count). The van der Waals surface area contributed by atoms with E-state index < -0.39 is 7.12 Å². The van der Waals surface area contributed by atoms with Crippen molar-refractivity contribution in [3.63, 3.8) is 0 Å². The second-order valence-electron chi connectivity index (χ2n) is 4.70. The minimum Gasteiger partial charge on any atom is -0.423 e. The molecule has 1 fully saturated rings. The van der Waals surface area contributed by atoms with Gasteiger partial charge in [-0.25, -0.2) is 0 Å². The monoisotopic (exact) mass is 234 g/mol. The first-order chi connectivity index (χ1) is 8.08. The van der Waals surface area contributed by atoms with Gasteiger partial charge in [-0.2, -0.15) is 0 Å². The van der Waals surface area contributed by atoms with Gasteiger partial charge in [0.2, 0.25) is 0 Å². The summed E-state index contributed by atoms with van der Waals surface area (Å²) in [6, 6.07) is 5.79. The third-order valence-electron chi connectivity index (χ3n) is 3.40. The summed E-state index contributed by atoms with van der Waals surface area (Å²) >= 11 is 0. The minimum absolute atomic E-state index is 0.586. The standard InChI is InChI=1S/C12H19BN2O2/c1-10-9-11(3-4-12(10)13(16)17)15-7-5-14(2)6-8-15/h3-4,9,16-17H,5-8H2,1-2H3. The third-order valence-corrected chi connectivity index (χ3v) is 3.40. The second kappa shape index (κ2) is 5.08. The normalized spacial score (nSPS) is 17.3. The zero-order valence-electron chi connectivity index (χ0n) is 10.4. The lowest BCUT2D eigenvalue weighted by Crippen LogP contribution is -2.44. The summed E-state index contributed by atoms with van der Waals surface area (Å²) in [5.41, 5.74) is 2.68. The highest BCUT2D eigenvalue weighted by atomic mass is 16.4. The van der Waals surface area contributed by atoms with Gasteiger partial charge in [-0.05, 0) is 37.1 Å². The zero-order chi connectivity index (χ0) is 12.4. The Morgan fingerprint density at radius 2 is 1.76 bits per heavy atom. The summed E-state index contributed by atoms with van der Waals surface area (Å²) in [6.07, 6.45) is 0. The lowest BCUT2D eigenvalue weighted by Gasteiger charge is -2.34. The van der Waals surface area contributed by atoms with Crippen LogP contribution in [0.25, 0.3) is 0 Å². The molecule has 0 bridgehead atoms. The van der Waals surface area contributed by atoms with Gasteiger partial charge >= 0.3 is 7.12 Å². The number of piperazine rings is 1. The highest BCUT2D eigenvalue weighted by Crippen LogP contribution is 2.16. The Morgan fingerprint density at radius 3 is 2.29 bits per heavy atom. The molecule has 0 radical (unpaired) electrons. The van der Waals surface area contributed by atoms with Crippen molar-refractivity contribution in [2.45, 2.75) is 6.92 Å². The molecular weight excluding hydrogens is 215 g/mol. The fourth-order valence-corrected chi connectivity index (χ4v) is 2.21. The summed E-state index contributed by atoms with van der Waals surface area (Å²) in [5.74, 6) is 0. The molecule has 0 unspecified atom stereocenters. The lowest BCUT2D eigenvalue weighted by atomic mass is 9.77. The maximum Gasteiger partial charge on any atom is 0.488 e. The summed E-state index contributed by atoms with van der Waals surface area (Å²) in [5, 5.41) is 18.4. The van der Waals surface area contributed by atoms with Crippen molar-refractivity contribution in [2.75, 3.05) is 38.1 Å². The number of rotatable bonds is 2. The van der Waals surface area contributed by atoms with Crippen molar-refractivity contribution in [1.29, 1.82) is 0 Å². The van der Waals surface area contributed by atoms with Crippen molar-refractivity contribution in [1.82, 2.24) is 4.90 Å². The van der Waals surface area contributed by atoms with Crippen LogP contribution >= 0.6 is 0 Å². The Labute approximate surface area is 103 Å². The van der Waals surface area contributed by atoms with Crippen LogP contribution in [-0.4, -0.2) is 55.3 Å². The molecule has 0 amide bonds. The SMILES string of the molecule is Cc1cc(N2CCN(C)CC2)ccc1B(O)O. The van der Waals surface area contributed by atoms with E-state index in [-0.39, 0.29) is 0 Å². The minimum atomic E-state index is -1.38. The summed E-state index contributed by atoms with van der Waals surface area (Å²) in [7, 11) is 0.755. The van der Waals surface area contributed by atoms with Gasteiger partial charge in [-0.15, -0.1) is 0 Å². The fraction of sp³-hybridized carbons (Fsp3) is 0.500. The molecule has 0 saturated carbocycles. The Hall–Kier alpha value is -1.04. The maximum atomic E-state index is 9.18. The van der Waals surface area contributed by atoms with E-state index in [1.54, 1.807) is 6.07 Å². The van der Waals surface area contributed by atoms with E-state index in [1.807, 2.05) is 19.1 Å². The molecule has 2 N–H and O–H groups in total. The average molecular weight is 234 g/mol. The van der Waals surface area contributed by atoms with Crippen molar-refractivity contribution in [3.8, 4) is 0 Å². The van der Waals surface area contributed by atoms with E-state index in [0.717, 1.165) is 31.7 Å². The zero-order valence-corrected chi connectivity index (χ0v) is 10.4. The highest BCUT2D eigenvalue weighted by Gasteiger charge is 2.17. The second-order valence-corrected chi connectivity index (χ2v) is 4.70. The maximum absolute atomic E-state index is 9.18. The van der Waals surface area contributed by atoms with Crippen LogP contribution in [0.3, 0.4) is 0 Å². The van der Waals surface area contributed by atoms with E-state index >= 15 is 0 Å². The molecule has 92 valence electrons. The van der Waals surface area contributed by atoms with E-state index in [0.29, 0.717) is 5.46 Å². The molecule has 1 saturated heterocycles. The van der Waals surface area contributed by atoms with Crippen LogP contribution in [0.4, 0.5) is 5.69 Å². The molecule has 1 aliphatic heterocycles. The number of nitrogens with zero attached hydrogens (tertiary/aromatic N) is 2. The molecule has 1 aliphatic rings. The topological polar surface area (TPSA) is 46.9 Å². The molecule has 1 aromatic rings. The van der Waals surface area contributed by atoms with Crippen molar-refractivity contribution in [2.24, 2.45) is 0 Å². The van der Waals surface area contributed by atoms with Crippen LogP contribution in [0.1, 0.15) is 5.56 Å². The van der Waals surface area contributed by atoms with Crippen LogP contribution in [-0.2, 0) is 0 Å². The highest BCUT2D eigenvalue weighted by molar-refractivity contribution is 6.59. The number of benzene rings is 1. The first kappa shape index (κ1) is 12.4. The third kappa shape index (κ3) is 2.80. The summed E-state index contributed by atoms with van der Waals surface area (Å²) < 4.78 is 0. The Morgan fingerprint density at radius 1 is 1.12 bits per heavy atom. The molecule has 1 aromatic carbocycles. The average Bonchev–Trinajstić information content (AvgIpc) is 2.29. The van der Waals surface area contributed by atoms with Gasteiger partial charge in [0.05, 0.1) is 0 Å². The first-order valence-corrected chi connectivity index (χ1v) is 5.98. The van der Waals surface area contributed by atoms with Crippen molar-refractivity contribution >= 4 is 18.3 Å². The van der Waals surface area contributed by atoms with Gasteiger partial charge in [-0.1, -0.05) is 6.07 Å². The van der Waals surface area contributed by atoms with Crippen LogP contribution in [0.5, 0.6) is 0 Å². The molecule has 5 heteroatoms. The number of anilines is 1.